The van der Waals surface area contributed by atoms with Gasteiger partial charge in [-0.05, 0) is 43.9 Å². The van der Waals surface area contributed by atoms with Gasteiger partial charge in [0.15, 0.2) is 0 Å². The molecule has 1 N–H and O–H groups in total. The van der Waals surface area contributed by atoms with Crippen molar-refractivity contribution >= 4 is 11.7 Å². The highest BCUT2D eigenvalue weighted by molar-refractivity contribution is 5.93. The van der Waals surface area contributed by atoms with E-state index in [0.29, 0.717) is 30.5 Å². The molecule has 0 atom stereocenters. The quantitative estimate of drug-likeness (QED) is 0.875. The van der Waals surface area contributed by atoms with Gasteiger partial charge in [-0.1, -0.05) is 6.07 Å². The van der Waals surface area contributed by atoms with Crippen LogP contribution >= 0.6 is 0 Å². The van der Waals surface area contributed by atoms with Crippen molar-refractivity contribution in [3.8, 4) is 5.88 Å². The number of carbonyl (C=O) groups excluding carboxylic acids is 1. The first-order valence-electron chi connectivity index (χ1n) is 8.79. The molecule has 1 saturated heterocycles. The molecule has 0 spiro atoms. The second kappa shape index (κ2) is 8.46. The fourth-order valence-electron chi connectivity index (χ4n) is 2.93. The molecule has 6 heteroatoms. The number of hydrogen-bond donors (Lipinski definition) is 1. The number of pyridine rings is 2. The lowest BCUT2D eigenvalue weighted by Crippen LogP contribution is -2.36. The van der Waals surface area contributed by atoms with Crippen LogP contribution in [0.3, 0.4) is 0 Å². The average Bonchev–Trinajstić information content (AvgIpc) is 2.68. The molecule has 132 valence electrons. The summed E-state index contributed by atoms with van der Waals surface area (Å²) in [5.74, 6) is 2.07. The van der Waals surface area contributed by atoms with Gasteiger partial charge in [0.05, 0.1) is 12.2 Å². The highest BCUT2D eigenvalue weighted by Gasteiger charge is 2.21. The Labute approximate surface area is 148 Å². The lowest BCUT2D eigenvalue weighted by molar-refractivity contribution is 0.0955. The molecule has 3 rings (SSSR count). The Hall–Kier alpha value is -2.63. The number of nitrogens with zero attached hydrogens (tertiary/aromatic N) is 3. The molecule has 1 aliphatic heterocycles. The first-order chi connectivity index (χ1) is 12.3. The molecule has 0 unspecified atom stereocenters. The maximum absolute atomic E-state index is 11.8. The number of ether oxygens (including phenoxy) is 1. The van der Waals surface area contributed by atoms with Crippen molar-refractivity contribution in [2.45, 2.75) is 19.8 Å². The van der Waals surface area contributed by atoms with E-state index in [-0.39, 0.29) is 5.91 Å². The molecule has 0 saturated carbocycles. The maximum Gasteiger partial charge on any atom is 0.252 e. The van der Waals surface area contributed by atoms with Crippen molar-refractivity contribution in [1.82, 2.24) is 15.3 Å². The zero-order valence-corrected chi connectivity index (χ0v) is 14.5. The molecular weight excluding hydrogens is 316 g/mol. The highest BCUT2D eigenvalue weighted by atomic mass is 16.5. The van der Waals surface area contributed by atoms with Crippen molar-refractivity contribution in [1.29, 1.82) is 0 Å². The fourth-order valence-corrected chi connectivity index (χ4v) is 2.93. The third kappa shape index (κ3) is 4.68. The predicted octanol–water partition coefficient (Wildman–Crippen LogP) is 2.52. The van der Waals surface area contributed by atoms with Gasteiger partial charge in [-0.3, -0.25) is 4.79 Å². The molecule has 0 bridgehead atoms. The zero-order valence-electron chi connectivity index (χ0n) is 14.5. The second-order valence-corrected chi connectivity index (χ2v) is 6.17. The summed E-state index contributed by atoms with van der Waals surface area (Å²) in [5.41, 5.74) is 0.601. The van der Waals surface area contributed by atoms with Gasteiger partial charge in [-0.15, -0.1) is 0 Å². The van der Waals surface area contributed by atoms with Crippen molar-refractivity contribution < 1.29 is 9.53 Å². The van der Waals surface area contributed by atoms with E-state index in [1.807, 2.05) is 37.3 Å². The fraction of sp³-hybridized carbons (Fsp3) is 0.421. The van der Waals surface area contributed by atoms with E-state index in [9.17, 15) is 4.79 Å². The van der Waals surface area contributed by atoms with E-state index in [4.69, 9.17) is 4.74 Å². The van der Waals surface area contributed by atoms with E-state index in [1.54, 1.807) is 12.4 Å². The van der Waals surface area contributed by atoms with Crippen LogP contribution in [0.15, 0.2) is 42.7 Å². The van der Waals surface area contributed by atoms with Crippen molar-refractivity contribution in [2.75, 3.05) is 31.1 Å². The molecule has 1 fully saturated rings. The van der Waals surface area contributed by atoms with Crippen LogP contribution in [0.2, 0.25) is 0 Å². The monoisotopic (exact) mass is 340 g/mol. The SMILES string of the molecule is CCNC(=O)c1ccc(N2CCC(COc3ccccn3)CC2)nc1. The van der Waals surface area contributed by atoms with Crippen LogP contribution in [0.25, 0.3) is 0 Å². The minimum atomic E-state index is -0.0769. The Kier molecular flexibility index (Phi) is 5.82. The first kappa shape index (κ1) is 17.2. The lowest BCUT2D eigenvalue weighted by atomic mass is 9.98. The summed E-state index contributed by atoms with van der Waals surface area (Å²) < 4.78 is 5.76. The van der Waals surface area contributed by atoms with Gasteiger partial charge in [0.1, 0.15) is 5.82 Å². The third-order valence-electron chi connectivity index (χ3n) is 4.39. The number of rotatable bonds is 6. The second-order valence-electron chi connectivity index (χ2n) is 6.17. The van der Waals surface area contributed by atoms with Crippen LogP contribution in [0.1, 0.15) is 30.1 Å². The summed E-state index contributed by atoms with van der Waals surface area (Å²) in [4.78, 5) is 22.7. The van der Waals surface area contributed by atoms with Crippen molar-refractivity contribution in [3.63, 3.8) is 0 Å². The molecular formula is C19H24N4O2. The minimum Gasteiger partial charge on any atom is -0.477 e. The molecule has 1 amide bonds. The molecule has 6 nitrogen and oxygen atoms in total. The third-order valence-corrected chi connectivity index (χ3v) is 4.39. The van der Waals surface area contributed by atoms with E-state index in [2.05, 4.69) is 20.2 Å². The molecule has 2 aromatic heterocycles. The van der Waals surface area contributed by atoms with Crippen LogP contribution in [0.5, 0.6) is 5.88 Å². The summed E-state index contributed by atoms with van der Waals surface area (Å²) in [6.07, 6.45) is 5.52. The molecule has 3 heterocycles. The van der Waals surface area contributed by atoms with E-state index < -0.39 is 0 Å². The van der Waals surface area contributed by atoms with Crippen LogP contribution in [0.4, 0.5) is 5.82 Å². The molecule has 0 aliphatic carbocycles. The number of amides is 1. The molecule has 0 aromatic carbocycles. The van der Waals surface area contributed by atoms with Gasteiger partial charge >= 0.3 is 0 Å². The molecule has 2 aromatic rings. The molecule has 25 heavy (non-hydrogen) atoms. The zero-order chi connectivity index (χ0) is 17.5. The highest BCUT2D eigenvalue weighted by Crippen LogP contribution is 2.22. The summed E-state index contributed by atoms with van der Waals surface area (Å²) in [6, 6.07) is 9.46. The smallest absolute Gasteiger partial charge is 0.252 e. The number of piperidine rings is 1. The Morgan fingerprint density at radius 1 is 1.24 bits per heavy atom. The van der Waals surface area contributed by atoms with Gasteiger partial charge in [0.2, 0.25) is 5.88 Å². The number of aromatic nitrogens is 2. The Bertz CT molecular complexity index is 668. The van der Waals surface area contributed by atoms with Gasteiger partial charge in [-0.2, -0.15) is 0 Å². The number of anilines is 1. The maximum atomic E-state index is 11.8. The van der Waals surface area contributed by atoms with Crippen molar-refractivity contribution in [2.24, 2.45) is 5.92 Å². The van der Waals surface area contributed by atoms with Gasteiger partial charge < -0.3 is 15.0 Å². The normalized spacial score (nSPS) is 15.0. The molecule has 1 aliphatic rings. The summed E-state index contributed by atoms with van der Waals surface area (Å²) in [5, 5.41) is 2.78. The van der Waals surface area contributed by atoms with Crippen LogP contribution in [-0.2, 0) is 0 Å². The van der Waals surface area contributed by atoms with Gasteiger partial charge in [0.25, 0.3) is 5.91 Å². The average molecular weight is 340 g/mol. The lowest BCUT2D eigenvalue weighted by Gasteiger charge is -2.32. The van der Waals surface area contributed by atoms with Gasteiger partial charge in [0, 0.05) is 38.1 Å². The first-order valence-corrected chi connectivity index (χ1v) is 8.79. The number of carbonyl (C=O) groups is 1. The van der Waals surface area contributed by atoms with E-state index >= 15 is 0 Å². The van der Waals surface area contributed by atoms with Gasteiger partial charge in [-0.25, -0.2) is 9.97 Å². The topological polar surface area (TPSA) is 67.4 Å². The van der Waals surface area contributed by atoms with E-state index in [1.165, 1.54) is 0 Å². The number of nitrogens with one attached hydrogen (secondary N) is 1. The predicted molar refractivity (Wildman–Crippen MR) is 96.9 cm³/mol. The van der Waals surface area contributed by atoms with Crippen molar-refractivity contribution in [3.05, 3.63) is 48.3 Å². The van der Waals surface area contributed by atoms with Crippen LogP contribution < -0.4 is 15.0 Å². The summed E-state index contributed by atoms with van der Waals surface area (Å²) in [6.45, 7) is 5.12. The minimum absolute atomic E-state index is 0.0769. The Morgan fingerprint density at radius 3 is 2.72 bits per heavy atom. The van der Waals surface area contributed by atoms with Crippen LogP contribution in [0, 0.1) is 5.92 Å². The number of hydrogen-bond acceptors (Lipinski definition) is 5. The summed E-state index contributed by atoms with van der Waals surface area (Å²) in [7, 11) is 0. The van der Waals surface area contributed by atoms with Crippen LogP contribution in [-0.4, -0.2) is 42.1 Å². The Balaban J connectivity index is 1.48. The summed E-state index contributed by atoms with van der Waals surface area (Å²) >= 11 is 0. The molecule has 0 radical (unpaired) electrons. The standard InChI is InChI=1S/C19H24N4O2/c1-2-20-19(24)16-6-7-17(22-13-16)23-11-8-15(9-12-23)14-25-18-5-3-4-10-21-18/h3-7,10,13,15H,2,8-9,11-12,14H2,1H3,(H,20,24). The van der Waals surface area contributed by atoms with E-state index in [0.717, 1.165) is 31.7 Å². The Morgan fingerprint density at radius 2 is 2.08 bits per heavy atom. The largest absolute Gasteiger partial charge is 0.477 e.